The average Bonchev–Trinajstić information content (AvgIpc) is 2.60. The van der Waals surface area contributed by atoms with Crippen molar-refractivity contribution in [2.24, 2.45) is 5.41 Å². The lowest BCUT2D eigenvalue weighted by Gasteiger charge is -2.27. The maximum atomic E-state index is 12.2. The van der Waals surface area contributed by atoms with Crippen LogP contribution in [0.2, 0.25) is 0 Å². The second-order valence-corrected chi connectivity index (χ2v) is 6.84. The maximum absolute atomic E-state index is 12.2. The fourth-order valence-corrected chi connectivity index (χ4v) is 2.81. The molecule has 1 amide bonds. The first-order valence-electron chi connectivity index (χ1n) is 4.99. The standard InChI is InChI=1S/C11H14BrNO3S/c1-11(2,6-9(14)15)10(16)13(3)8-5-4-7(12)17-8/h4-5H,6H2,1-3H3,(H,14,15). The molecule has 1 heterocycles. The first kappa shape index (κ1) is 14.2. The molecule has 0 saturated heterocycles. The van der Waals surface area contributed by atoms with E-state index in [4.69, 9.17) is 5.11 Å². The summed E-state index contributed by atoms with van der Waals surface area (Å²) in [5.74, 6) is -1.17. The lowest BCUT2D eigenvalue weighted by atomic mass is 9.88. The number of hydrogen-bond acceptors (Lipinski definition) is 3. The van der Waals surface area contributed by atoms with Crippen molar-refractivity contribution in [3.05, 3.63) is 15.9 Å². The van der Waals surface area contributed by atoms with Crippen LogP contribution in [0.1, 0.15) is 20.3 Å². The molecule has 1 aromatic rings. The molecule has 4 nitrogen and oxygen atoms in total. The van der Waals surface area contributed by atoms with Crippen molar-refractivity contribution in [3.63, 3.8) is 0 Å². The molecule has 0 bridgehead atoms. The molecule has 0 radical (unpaired) electrons. The van der Waals surface area contributed by atoms with Crippen molar-refractivity contribution in [2.75, 3.05) is 11.9 Å². The third-order valence-corrected chi connectivity index (χ3v) is 4.07. The summed E-state index contributed by atoms with van der Waals surface area (Å²) in [6, 6.07) is 3.68. The molecule has 6 heteroatoms. The summed E-state index contributed by atoms with van der Waals surface area (Å²) >= 11 is 4.76. The van der Waals surface area contributed by atoms with E-state index in [2.05, 4.69) is 15.9 Å². The molecule has 0 atom stereocenters. The van der Waals surface area contributed by atoms with E-state index in [9.17, 15) is 9.59 Å². The lowest BCUT2D eigenvalue weighted by Crippen LogP contribution is -2.39. The van der Waals surface area contributed by atoms with Gasteiger partial charge in [-0.2, -0.15) is 0 Å². The number of amides is 1. The molecule has 0 aromatic carbocycles. The zero-order valence-corrected chi connectivity index (χ0v) is 12.3. The highest BCUT2D eigenvalue weighted by atomic mass is 79.9. The largest absolute Gasteiger partial charge is 0.481 e. The molecule has 0 saturated carbocycles. The zero-order valence-electron chi connectivity index (χ0n) is 9.86. The van der Waals surface area contributed by atoms with Crippen LogP contribution >= 0.6 is 27.3 Å². The van der Waals surface area contributed by atoms with Gasteiger partial charge in [-0.05, 0) is 28.1 Å². The van der Waals surface area contributed by atoms with Crippen LogP contribution in [0.25, 0.3) is 0 Å². The van der Waals surface area contributed by atoms with E-state index in [1.165, 1.54) is 16.2 Å². The Kier molecular flexibility index (Phi) is 4.32. The molecule has 0 unspecified atom stereocenters. The summed E-state index contributed by atoms with van der Waals surface area (Å²) in [6.45, 7) is 3.28. The number of halogens is 1. The molecule has 94 valence electrons. The van der Waals surface area contributed by atoms with E-state index in [0.717, 1.165) is 8.79 Å². The minimum Gasteiger partial charge on any atom is -0.481 e. The van der Waals surface area contributed by atoms with Crippen LogP contribution in [0.4, 0.5) is 5.00 Å². The Bertz CT molecular complexity index is 442. The molecule has 17 heavy (non-hydrogen) atoms. The number of aliphatic carboxylic acids is 1. The minimum atomic E-state index is -0.968. The van der Waals surface area contributed by atoms with Gasteiger partial charge in [0.1, 0.15) is 0 Å². The number of nitrogens with zero attached hydrogens (tertiary/aromatic N) is 1. The summed E-state index contributed by atoms with van der Waals surface area (Å²) in [7, 11) is 1.66. The Hall–Kier alpha value is -0.880. The SMILES string of the molecule is CN(C(=O)C(C)(C)CC(=O)O)c1ccc(Br)s1. The Balaban J connectivity index is 2.86. The number of carbonyl (C=O) groups is 2. The zero-order chi connectivity index (χ0) is 13.2. The topological polar surface area (TPSA) is 57.6 Å². The second kappa shape index (κ2) is 5.18. The van der Waals surface area contributed by atoms with Gasteiger partial charge < -0.3 is 10.0 Å². The van der Waals surface area contributed by atoms with Gasteiger partial charge in [0.05, 0.1) is 20.6 Å². The number of thiophene rings is 1. The van der Waals surface area contributed by atoms with Gasteiger partial charge in [-0.3, -0.25) is 9.59 Å². The van der Waals surface area contributed by atoms with Crippen molar-refractivity contribution in [3.8, 4) is 0 Å². The van der Waals surface area contributed by atoms with Crippen LogP contribution in [0.5, 0.6) is 0 Å². The van der Waals surface area contributed by atoms with E-state index >= 15 is 0 Å². The third kappa shape index (κ3) is 3.54. The van der Waals surface area contributed by atoms with Crippen LogP contribution in [0.15, 0.2) is 15.9 Å². The molecule has 1 rings (SSSR count). The van der Waals surface area contributed by atoms with Crippen molar-refractivity contribution in [1.82, 2.24) is 0 Å². The lowest BCUT2D eigenvalue weighted by molar-refractivity contribution is -0.143. The highest BCUT2D eigenvalue weighted by Gasteiger charge is 2.33. The molecule has 0 aliphatic carbocycles. The maximum Gasteiger partial charge on any atom is 0.304 e. The van der Waals surface area contributed by atoms with Crippen LogP contribution < -0.4 is 4.90 Å². The Labute approximate surface area is 112 Å². The normalized spacial score (nSPS) is 11.3. The number of carboxylic acids is 1. The summed E-state index contributed by atoms with van der Waals surface area (Å²) in [5.41, 5.74) is -0.906. The highest BCUT2D eigenvalue weighted by molar-refractivity contribution is 9.11. The van der Waals surface area contributed by atoms with Gasteiger partial charge in [0.15, 0.2) is 0 Å². The van der Waals surface area contributed by atoms with E-state index in [0.29, 0.717) is 0 Å². The van der Waals surface area contributed by atoms with Gasteiger partial charge in [0.25, 0.3) is 0 Å². The van der Waals surface area contributed by atoms with Gasteiger partial charge in [-0.15, -0.1) is 11.3 Å². The third-order valence-electron chi connectivity index (χ3n) is 2.37. The van der Waals surface area contributed by atoms with Crippen LogP contribution in [0.3, 0.4) is 0 Å². The smallest absolute Gasteiger partial charge is 0.304 e. The first-order valence-corrected chi connectivity index (χ1v) is 6.60. The molecule has 1 aromatic heterocycles. The Morgan fingerprint density at radius 1 is 1.47 bits per heavy atom. The average molecular weight is 320 g/mol. The Morgan fingerprint density at radius 3 is 2.47 bits per heavy atom. The number of carboxylic acid groups (broad SMARTS) is 1. The molecule has 1 N–H and O–H groups in total. The number of carbonyl (C=O) groups excluding carboxylic acids is 1. The summed E-state index contributed by atoms with van der Waals surface area (Å²) in [6.07, 6.45) is -0.178. The van der Waals surface area contributed by atoms with Crippen molar-refractivity contribution < 1.29 is 14.7 Å². The highest BCUT2D eigenvalue weighted by Crippen LogP contribution is 2.32. The van der Waals surface area contributed by atoms with Crippen LogP contribution in [-0.2, 0) is 9.59 Å². The Morgan fingerprint density at radius 2 is 2.06 bits per heavy atom. The molecular weight excluding hydrogens is 306 g/mol. The monoisotopic (exact) mass is 319 g/mol. The quantitative estimate of drug-likeness (QED) is 0.928. The van der Waals surface area contributed by atoms with Gasteiger partial charge in [0.2, 0.25) is 5.91 Å². The molecule has 0 fully saturated rings. The molecule has 0 aliphatic rings. The van der Waals surface area contributed by atoms with Gasteiger partial charge in [-0.1, -0.05) is 13.8 Å². The van der Waals surface area contributed by atoms with E-state index in [-0.39, 0.29) is 12.3 Å². The molecule has 0 spiro atoms. The van der Waals surface area contributed by atoms with Gasteiger partial charge in [-0.25, -0.2) is 0 Å². The summed E-state index contributed by atoms with van der Waals surface area (Å²) < 4.78 is 0.934. The predicted molar refractivity (Wildman–Crippen MR) is 71.5 cm³/mol. The summed E-state index contributed by atoms with van der Waals surface area (Å²) in [4.78, 5) is 24.4. The van der Waals surface area contributed by atoms with Crippen LogP contribution in [0, 0.1) is 5.41 Å². The summed E-state index contributed by atoms with van der Waals surface area (Å²) in [5, 5.41) is 9.57. The van der Waals surface area contributed by atoms with Crippen LogP contribution in [-0.4, -0.2) is 24.0 Å². The van der Waals surface area contributed by atoms with Crippen molar-refractivity contribution in [2.45, 2.75) is 20.3 Å². The van der Waals surface area contributed by atoms with E-state index < -0.39 is 11.4 Å². The van der Waals surface area contributed by atoms with Gasteiger partial charge in [0, 0.05) is 7.05 Å². The molecule has 0 aliphatic heterocycles. The fraction of sp³-hybridized carbons (Fsp3) is 0.455. The number of hydrogen-bond donors (Lipinski definition) is 1. The van der Waals surface area contributed by atoms with Crippen molar-refractivity contribution >= 4 is 44.1 Å². The van der Waals surface area contributed by atoms with E-state index in [1.54, 1.807) is 20.9 Å². The number of rotatable bonds is 4. The minimum absolute atomic E-state index is 0.178. The first-order chi connectivity index (χ1) is 7.74. The van der Waals surface area contributed by atoms with E-state index in [1.807, 2.05) is 12.1 Å². The number of anilines is 1. The molecular formula is C11H14BrNO3S. The fourth-order valence-electron chi connectivity index (χ4n) is 1.49. The van der Waals surface area contributed by atoms with Crippen molar-refractivity contribution in [1.29, 1.82) is 0 Å². The predicted octanol–water partition coefficient (Wildman–Crippen LogP) is 2.97. The second-order valence-electron chi connectivity index (χ2n) is 4.40. The van der Waals surface area contributed by atoms with Gasteiger partial charge >= 0.3 is 5.97 Å².